The smallest absolute Gasteiger partial charge is 0.243 e. The van der Waals surface area contributed by atoms with Crippen LogP contribution in [0.25, 0.3) is 0 Å². The fourth-order valence-electron chi connectivity index (χ4n) is 3.97. The zero-order valence-corrected chi connectivity index (χ0v) is 21.8. The number of hydrogen-bond donors (Lipinski definition) is 1. The summed E-state index contributed by atoms with van der Waals surface area (Å²) in [5.74, 6) is 0.807. The highest BCUT2D eigenvalue weighted by molar-refractivity contribution is 6.30. The molecule has 7 heteroatoms. The molecule has 3 rings (SSSR count). The van der Waals surface area contributed by atoms with E-state index in [1.807, 2.05) is 55.5 Å². The van der Waals surface area contributed by atoms with Crippen molar-refractivity contribution >= 4 is 23.4 Å². The first-order valence-corrected chi connectivity index (χ1v) is 12.4. The van der Waals surface area contributed by atoms with Crippen LogP contribution in [-0.4, -0.2) is 43.5 Å². The molecule has 0 heterocycles. The van der Waals surface area contributed by atoms with Crippen molar-refractivity contribution in [2.75, 3.05) is 20.8 Å². The fourth-order valence-corrected chi connectivity index (χ4v) is 4.10. The molecule has 0 aliphatic heterocycles. The number of carbonyl (C=O) groups excluding carboxylic acids is 2. The van der Waals surface area contributed by atoms with Crippen LogP contribution in [0.3, 0.4) is 0 Å². The lowest BCUT2D eigenvalue weighted by molar-refractivity contribution is -0.140. The van der Waals surface area contributed by atoms with E-state index < -0.39 is 6.04 Å². The predicted octanol–water partition coefficient (Wildman–Crippen LogP) is 5.07. The van der Waals surface area contributed by atoms with Gasteiger partial charge in [-0.2, -0.15) is 0 Å². The molecule has 0 spiro atoms. The molecule has 0 fully saturated rings. The number of carbonyl (C=O) groups is 2. The number of halogens is 1. The van der Waals surface area contributed by atoms with Gasteiger partial charge in [0, 0.05) is 24.5 Å². The third-order valence-electron chi connectivity index (χ3n) is 5.89. The summed E-state index contributed by atoms with van der Waals surface area (Å²) in [6.45, 7) is 2.82. The molecule has 0 aliphatic carbocycles. The van der Waals surface area contributed by atoms with Gasteiger partial charge >= 0.3 is 0 Å². The van der Waals surface area contributed by atoms with Gasteiger partial charge in [-0.25, -0.2) is 0 Å². The Morgan fingerprint density at radius 3 is 2.19 bits per heavy atom. The number of ether oxygens (including phenoxy) is 2. The number of rotatable bonds is 12. The first-order chi connectivity index (χ1) is 17.4. The fraction of sp³-hybridized carbons (Fsp3) is 0.310. The standard InChI is InChI=1S/C29H33ClN2O4/c1-4-16-31-29(34)25(17-21-8-6-5-7-9-21)32(20-22-10-13-24(30)14-11-22)28(33)19-23-12-15-26(35-2)27(18-23)36-3/h5-15,18,25H,4,16-17,19-20H2,1-3H3,(H,31,34)/t25-/m0/s1. The lowest BCUT2D eigenvalue weighted by Crippen LogP contribution is -2.51. The highest BCUT2D eigenvalue weighted by atomic mass is 35.5. The maximum absolute atomic E-state index is 13.8. The summed E-state index contributed by atoms with van der Waals surface area (Å²) in [5, 5.41) is 3.60. The zero-order chi connectivity index (χ0) is 25.9. The summed E-state index contributed by atoms with van der Waals surface area (Å²) in [4.78, 5) is 28.8. The Labute approximate surface area is 218 Å². The van der Waals surface area contributed by atoms with Crippen LogP contribution in [-0.2, 0) is 29.0 Å². The summed E-state index contributed by atoms with van der Waals surface area (Å²) in [5.41, 5.74) is 2.64. The Balaban J connectivity index is 1.96. The van der Waals surface area contributed by atoms with Gasteiger partial charge in [0.25, 0.3) is 0 Å². The third-order valence-corrected chi connectivity index (χ3v) is 6.14. The number of nitrogens with one attached hydrogen (secondary N) is 1. The van der Waals surface area contributed by atoms with Gasteiger partial charge in [0.15, 0.2) is 11.5 Å². The van der Waals surface area contributed by atoms with Gasteiger partial charge in [-0.3, -0.25) is 9.59 Å². The number of hydrogen-bond acceptors (Lipinski definition) is 4. The largest absolute Gasteiger partial charge is 0.493 e. The number of nitrogens with zero attached hydrogens (tertiary/aromatic N) is 1. The van der Waals surface area contributed by atoms with Crippen molar-refractivity contribution in [3.63, 3.8) is 0 Å². The average Bonchev–Trinajstić information content (AvgIpc) is 2.90. The number of amides is 2. The van der Waals surface area contributed by atoms with Crippen LogP contribution < -0.4 is 14.8 Å². The molecule has 3 aromatic rings. The van der Waals surface area contributed by atoms with Crippen molar-refractivity contribution in [3.05, 3.63) is 94.5 Å². The van der Waals surface area contributed by atoms with Crippen LogP contribution in [0.2, 0.25) is 5.02 Å². The van der Waals surface area contributed by atoms with Crippen molar-refractivity contribution in [1.82, 2.24) is 10.2 Å². The minimum atomic E-state index is -0.678. The van der Waals surface area contributed by atoms with Crippen molar-refractivity contribution in [3.8, 4) is 11.5 Å². The maximum Gasteiger partial charge on any atom is 0.243 e. The SMILES string of the molecule is CCCNC(=O)[C@H](Cc1ccccc1)N(Cc1ccc(Cl)cc1)C(=O)Cc1ccc(OC)c(OC)c1. The topological polar surface area (TPSA) is 67.9 Å². The van der Waals surface area contributed by atoms with Gasteiger partial charge in [0.1, 0.15) is 6.04 Å². The van der Waals surface area contributed by atoms with Crippen molar-refractivity contribution in [2.45, 2.75) is 38.8 Å². The van der Waals surface area contributed by atoms with E-state index in [1.54, 1.807) is 43.4 Å². The molecule has 2 amide bonds. The van der Waals surface area contributed by atoms with Crippen molar-refractivity contribution in [1.29, 1.82) is 0 Å². The molecule has 36 heavy (non-hydrogen) atoms. The molecule has 0 radical (unpaired) electrons. The molecule has 3 aromatic carbocycles. The summed E-state index contributed by atoms with van der Waals surface area (Å²) < 4.78 is 10.7. The van der Waals surface area contributed by atoms with E-state index in [0.29, 0.717) is 29.5 Å². The molecule has 0 bridgehead atoms. The first-order valence-electron chi connectivity index (χ1n) is 12.0. The van der Waals surface area contributed by atoms with E-state index in [0.717, 1.165) is 23.1 Å². The molecule has 0 unspecified atom stereocenters. The van der Waals surface area contributed by atoms with Crippen LogP contribution in [0, 0.1) is 0 Å². The molecule has 1 atom stereocenters. The minimum absolute atomic E-state index is 0.111. The summed E-state index contributed by atoms with van der Waals surface area (Å²) in [6, 6.07) is 21.8. The van der Waals surface area contributed by atoms with Gasteiger partial charge < -0.3 is 19.7 Å². The van der Waals surface area contributed by atoms with E-state index in [2.05, 4.69) is 5.32 Å². The third kappa shape index (κ3) is 7.49. The number of benzene rings is 3. The van der Waals surface area contributed by atoms with Gasteiger partial charge in [0.2, 0.25) is 11.8 Å². The maximum atomic E-state index is 13.8. The molecular weight excluding hydrogens is 476 g/mol. The van der Waals surface area contributed by atoms with Gasteiger partial charge in [0.05, 0.1) is 20.6 Å². The zero-order valence-electron chi connectivity index (χ0n) is 21.0. The monoisotopic (exact) mass is 508 g/mol. The molecule has 0 aromatic heterocycles. The Kier molecular flexibility index (Phi) is 10.2. The molecule has 0 aliphatic rings. The van der Waals surface area contributed by atoms with E-state index in [9.17, 15) is 9.59 Å². The molecule has 6 nitrogen and oxygen atoms in total. The normalized spacial score (nSPS) is 11.4. The van der Waals surface area contributed by atoms with E-state index in [-0.39, 0.29) is 24.8 Å². The molecular formula is C29H33ClN2O4. The van der Waals surface area contributed by atoms with Crippen molar-refractivity contribution < 1.29 is 19.1 Å². The van der Waals surface area contributed by atoms with Gasteiger partial charge in [-0.1, -0.05) is 67.1 Å². The van der Waals surface area contributed by atoms with E-state index in [4.69, 9.17) is 21.1 Å². The first kappa shape index (κ1) is 27.1. The second-order valence-corrected chi connectivity index (χ2v) is 8.95. The van der Waals surface area contributed by atoms with Crippen molar-refractivity contribution in [2.24, 2.45) is 0 Å². The molecule has 1 N–H and O–H groups in total. The molecule has 0 saturated heterocycles. The summed E-state index contributed by atoms with van der Waals surface area (Å²) in [7, 11) is 3.13. The van der Waals surface area contributed by atoms with E-state index >= 15 is 0 Å². The second kappa shape index (κ2) is 13.5. The van der Waals surface area contributed by atoms with E-state index in [1.165, 1.54) is 0 Å². The lowest BCUT2D eigenvalue weighted by atomic mass is 10.0. The quantitative estimate of drug-likeness (QED) is 0.371. The van der Waals surface area contributed by atoms with Gasteiger partial charge in [-0.15, -0.1) is 0 Å². The average molecular weight is 509 g/mol. The number of methoxy groups -OCH3 is 2. The summed E-state index contributed by atoms with van der Waals surface area (Å²) >= 11 is 6.08. The van der Waals surface area contributed by atoms with Crippen LogP contribution in [0.5, 0.6) is 11.5 Å². The van der Waals surface area contributed by atoms with Crippen LogP contribution in [0.1, 0.15) is 30.0 Å². The Morgan fingerprint density at radius 2 is 1.56 bits per heavy atom. The molecule has 190 valence electrons. The molecule has 0 saturated carbocycles. The highest BCUT2D eigenvalue weighted by Crippen LogP contribution is 2.28. The Hall–Kier alpha value is -3.51. The Bertz CT molecular complexity index is 1140. The second-order valence-electron chi connectivity index (χ2n) is 8.51. The summed E-state index contributed by atoms with van der Waals surface area (Å²) in [6.07, 6.45) is 1.32. The van der Waals surface area contributed by atoms with Gasteiger partial charge in [-0.05, 0) is 47.4 Å². The van der Waals surface area contributed by atoms with Crippen LogP contribution >= 0.6 is 11.6 Å². The van der Waals surface area contributed by atoms with Crippen LogP contribution in [0.15, 0.2) is 72.8 Å². The minimum Gasteiger partial charge on any atom is -0.493 e. The highest BCUT2D eigenvalue weighted by Gasteiger charge is 2.30. The van der Waals surface area contributed by atoms with Crippen LogP contribution in [0.4, 0.5) is 0 Å². The lowest BCUT2D eigenvalue weighted by Gasteiger charge is -2.32. The predicted molar refractivity (Wildman–Crippen MR) is 142 cm³/mol. The Morgan fingerprint density at radius 1 is 0.889 bits per heavy atom.